The van der Waals surface area contributed by atoms with Crippen molar-refractivity contribution in [2.75, 3.05) is 5.32 Å². The van der Waals surface area contributed by atoms with Crippen LogP contribution < -0.4 is 5.32 Å². The van der Waals surface area contributed by atoms with Crippen molar-refractivity contribution in [2.24, 2.45) is 0 Å². The fourth-order valence-electron chi connectivity index (χ4n) is 2.47. The number of anilines is 2. The fraction of sp³-hybridized carbons (Fsp3) is 0.0625. The summed E-state index contributed by atoms with van der Waals surface area (Å²) in [5.74, 6) is 0.431. The fourth-order valence-corrected chi connectivity index (χ4v) is 3.04. The molecule has 4 aromatic rings. The number of nitrogens with zero attached hydrogens (tertiary/aromatic N) is 5. The lowest BCUT2D eigenvalue weighted by molar-refractivity contribution is -0.141. The molecule has 4 rings (SSSR count). The number of aromatic amines is 1. The maximum atomic E-state index is 12.8. The topological polar surface area (TPSA) is 92.3 Å². The molecule has 3 heterocycles. The highest BCUT2D eigenvalue weighted by atomic mass is 35.5. The minimum absolute atomic E-state index is 0.0887. The van der Waals surface area contributed by atoms with E-state index in [1.54, 1.807) is 18.2 Å². The summed E-state index contributed by atoms with van der Waals surface area (Å²) < 4.78 is 38.5. The first-order valence-corrected chi connectivity index (χ1v) is 8.40. The first-order chi connectivity index (χ1) is 13.3. The second-order valence-corrected chi connectivity index (χ2v) is 6.33. The molecule has 0 fully saturated rings. The summed E-state index contributed by atoms with van der Waals surface area (Å²) in [6.45, 7) is 0. The molecule has 0 saturated heterocycles. The molecule has 0 unspecified atom stereocenters. The van der Waals surface area contributed by atoms with Gasteiger partial charge in [0.25, 0.3) is 0 Å². The molecule has 0 aliphatic carbocycles. The number of halogens is 5. The lowest BCUT2D eigenvalue weighted by Crippen LogP contribution is -2.09. The zero-order valence-electron chi connectivity index (χ0n) is 13.6. The zero-order valence-corrected chi connectivity index (χ0v) is 15.1. The minimum atomic E-state index is -4.59. The van der Waals surface area contributed by atoms with Crippen molar-refractivity contribution in [3.63, 3.8) is 0 Å². The van der Waals surface area contributed by atoms with Gasteiger partial charge in [0.2, 0.25) is 0 Å². The van der Waals surface area contributed by atoms with Crippen molar-refractivity contribution in [3.8, 4) is 11.4 Å². The van der Waals surface area contributed by atoms with Gasteiger partial charge in [-0.2, -0.15) is 13.2 Å². The maximum Gasteiger partial charge on any atom is 0.433 e. The number of imidazole rings is 1. The summed E-state index contributed by atoms with van der Waals surface area (Å²) in [5.41, 5.74) is 0.00821. The van der Waals surface area contributed by atoms with Gasteiger partial charge in [0, 0.05) is 6.07 Å². The molecule has 28 heavy (non-hydrogen) atoms. The Morgan fingerprint density at radius 2 is 1.68 bits per heavy atom. The quantitative estimate of drug-likeness (QED) is 0.485. The van der Waals surface area contributed by atoms with Crippen LogP contribution in [0.25, 0.3) is 22.6 Å². The molecule has 0 spiro atoms. The molecular formula is C16H8Cl2F3N7. The third kappa shape index (κ3) is 3.43. The van der Waals surface area contributed by atoms with Crippen LogP contribution in [0, 0.1) is 0 Å². The third-order valence-electron chi connectivity index (χ3n) is 3.69. The molecule has 142 valence electrons. The van der Waals surface area contributed by atoms with Gasteiger partial charge in [-0.05, 0) is 12.1 Å². The van der Waals surface area contributed by atoms with Gasteiger partial charge in [-0.3, -0.25) is 0 Å². The lowest BCUT2D eigenvalue weighted by Gasteiger charge is -2.08. The summed E-state index contributed by atoms with van der Waals surface area (Å²) in [7, 11) is 0. The number of aromatic nitrogens is 6. The average molecular weight is 426 g/mol. The Kier molecular flexibility index (Phi) is 4.52. The van der Waals surface area contributed by atoms with E-state index in [1.807, 2.05) is 0 Å². The van der Waals surface area contributed by atoms with E-state index in [1.165, 1.54) is 6.33 Å². The molecule has 3 aromatic heterocycles. The van der Waals surface area contributed by atoms with Crippen LogP contribution in [0.1, 0.15) is 5.69 Å². The summed E-state index contributed by atoms with van der Waals surface area (Å²) in [6, 6.07) is 5.77. The van der Waals surface area contributed by atoms with Crippen LogP contribution in [0.2, 0.25) is 10.0 Å². The Labute approximate surface area is 165 Å². The zero-order chi connectivity index (χ0) is 19.9. The standard InChI is InChI=1S/C16H8Cl2F3N7/c17-7-2-1-3-8(18)11(7)13-27-12-14(24-6-25-15(12)28-13)26-10-4-9(16(19,20)21)22-5-23-10/h1-6H,(H2,22,23,24,25,26,27,28). The molecule has 12 heteroatoms. The van der Waals surface area contributed by atoms with Crippen molar-refractivity contribution in [1.82, 2.24) is 29.9 Å². The second-order valence-electron chi connectivity index (χ2n) is 5.51. The van der Waals surface area contributed by atoms with E-state index in [2.05, 4.69) is 35.2 Å². The number of hydrogen-bond donors (Lipinski definition) is 2. The Balaban J connectivity index is 1.77. The van der Waals surface area contributed by atoms with Crippen LogP contribution in [-0.2, 0) is 6.18 Å². The molecule has 0 aliphatic heterocycles. The van der Waals surface area contributed by atoms with Gasteiger partial charge in [0.05, 0.1) is 15.6 Å². The predicted molar refractivity (Wildman–Crippen MR) is 97.5 cm³/mol. The van der Waals surface area contributed by atoms with Gasteiger partial charge in [0.1, 0.15) is 35.5 Å². The van der Waals surface area contributed by atoms with E-state index in [9.17, 15) is 13.2 Å². The van der Waals surface area contributed by atoms with Crippen LogP contribution in [0.3, 0.4) is 0 Å². The smallest absolute Gasteiger partial charge is 0.333 e. The van der Waals surface area contributed by atoms with Crippen molar-refractivity contribution < 1.29 is 13.2 Å². The van der Waals surface area contributed by atoms with Crippen LogP contribution in [-0.4, -0.2) is 29.9 Å². The van der Waals surface area contributed by atoms with Gasteiger partial charge in [-0.1, -0.05) is 29.3 Å². The molecule has 0 radical (unpaired) electrons. The molecule has 0 bridgehead atoms. The van der Waals surface area contributed by atoms with E-state index in [4.69, 9.17) is 23.2 Å². The number of benzene rings is 1. The summed E-state index contributed by atoms with van der Waals surface area (Å²) >= 11 is 12.4. The van der Waals surface area contributed by atoms with E-state index in [0.717, 1.165) is 12.4 Å². The maximum absolute atomic E-state index is 12.8. The van der Waals surface area contributed by atoms with Gasteiger partial charge < -0.3 is 10.3 Å². The number of alkyl halides is 3. The molecule has 0 aliphatic rings. The van der Waals surface area contributed by atoms with Gasteiger partial charge in [-0.25, -0.2) is 24.9 Å². The van der Waals surface area contributed by atoms with E-state index < -0.39 is 11.9 Å². The Morgan fingerprint density at radius 1 is 0.964 bits per heavy atom. The summed E-state index contributed by atoms with van der Waals surface area (Å²) in [4.78, 5) is 22.4. The SMILES string of the molecule is FC(F)(F)c1cc(Nc2ncnc3nc(-c4c(Cl)cccc4Cl)[nH]c23)ncn1. The lowest BCUT2D eigenvalue weighted by atomic mass is 10.2. The minimum Gasteiger partial charge on any atom is -0.333 e. The monoisotopic (exact) mass is 425 g/mol. The van der Waals surface area contributed by atoms with Crippen LogP contribution in [0.5, 0.6) is 0 Å². The molecule has 0 saturated carbocycles. The molecule has 7 nitrogen and oxygen atoms in total. The van der Waals surface area contributed by atoms with Gasteiger partial charge >= 0.3 is 6.18 Å². The number of H-pyrrole nitrogens is 1. The summed E-state index contributed by atoms with van der Waals surface area (Å²) in [5, 5.41) is 3.46. The number of rotatable bonds is 3. The van der Waals surface area contributed by atoms with Gasteiger partial charge in [0.15, 0.2) is 11.5 Å². The molecular weight excluding hydrogens is 418 g/mol. The normalized spacial score (nSPS) is 11.8. The van der Waals surface area contributed by atoms with Crippen molar-refractivity contribution in [1.29, 1.82) is 0 Å². The Hall–Kier alpha value is -2.98. The first-order valence-electron chi connectivity index (χ1n) is 7.64. The number of fused-ring (bicyclic) bond motifs is 1. The van der Waals surface area contributed by atoms with Crippen LogP contribution >= 0.6 is 23.2 Å². The Bertz CT molecular complexity index is 1160. The van der Waals surface area contributed by atoms with Crippen LogP contribution in [0.15, 0.2) is 36.9 Å². The molecule has 0 atom stereocenters. The average Bonchev–Trinajstić information content (AvgIpc) is 3.06. The van der Waals surface area contributed by atoms with Crippen molar-refractivity contribution in [3.05, 3.63) is 52.7 Å². The van der Waals surface area contributed by atoms with E-state index in [-0.39, 0.29) is 17.3 Å². The van der Waals surface area contributed by atoms with Crippen molar-refractivity contribution >= 4 is 46.0 Å². The first kappa shape index (κ1) is 18.4. The summed E-state index contributed by atoms with van der Waals surface area (Å²) in [6.07, 6.45) is -2.57. The highest BCUT2D eigenvalue weighted by Crippen LogP contribution is 2.35. The molecule has 1 aromatic carbocycles. The predicted octanol–water partition coefficient (Wildman–Crippen LogP) is 4.88. The number of hydrogen-bond acceptors (Lipinski definition) is 6. The highest BCUT2D eigenvalue weighted by molar-refractivity contribution is 6.39. The van der Waals surface area contributed by atoms with E-state index >= 15 is 0 Å². The molecule has 2 N–H and O–H groups in total. The third-order valence-corrected chi connectivity index (χ3v) is 4.32. The van der Waals surface area contributed by atoms with Crippen molar-refractivity contribution in [2.45, 2.75) is 6.18 Å². The largest absolute Gasteiger partial charge is 0.433 e. The van der Waals surface area contributed by atoms with Gasteiger partial charge in [-0.15, -0.1) is 0 Å². The number of nitrogens with one attached hydrogen (secondary N) is 2. The second kappa shape index (κ2) is 6.88. The van der Waals surface area contributed by atoms with Crippen LogP contribution in [0.4, 0.5) is 24.8 Å². The highest BCUT2D eigenvalue weighted by Gasteiger charge is 2.33. The molecule has 0 amide bonds. The van der Waals surface area contributed by atoms with E-state index in [0.29, 0.717) is 26.9 Å². The Morgan fingerprint density at radius 3 is 2.39 bits per heavy atom.